The van der Waals surface area contributed by atoms with E-state index in [4.69, 9.17) is 17.3 Å². The van der Waals surface area contributed by atoms with E-state index in [9.17, 15) is 4.79 Å². The molecule has 0 radical (unpaired) electrons. The molecule has 19 heavy (non-hydrogen) atoms. The number of rotatable bonds is 7. The van der Waals surface area contributed by atoms with Crippen molar-refractivity contribution in [3.05, 3.63) is 21.3 Å². The van der Waals surface area contributed by atoms with Crippen LogP contribution in [0.3, 0.4) is 0 Å². The molecule has 0 spiro atoms. The second-order valence-corrected chi connectivity index (χ2v) is 6.25. The highest BCUT2D eigenvalue weighted by atomic mass is 35.5. The first-order chi connectivity index (χ1) is 8.55. The highest BCUT2D eigenvalue weighted by Crippen LogP contribution is 2.22. The van der Waals surface area contributed by atoms with Gasteiger partial charge in [0.25, 0.3) is 0 Å². The molecule has 1 amide bonds. The third-order valence-corrected chi connectivity index (χ3v) is 4.67. The van der Waals surface area contributed by atoms with Gasteiger partial charge in [0.05, 0.1) is 9.88 Å². The summed E-state index contributed by atoms with van der Waals surface area (Å²) < 4.78 is 0.767. The normalized spacial score (nSPS) is 10.9. The van der Waals surface area contributed by atoms with Crippen molar-refractivity contribution < 1.29 is 4.79 Å². The monoisotopic (exact) mass is 324 g/mol. The van der Waals surface area contributed by atoms with Gasteiger partial charge < -0.3 is 11.1 Å². The van der Waals surface area contributed by atoms with Crippen LogP contribution in [0.1, 0.15) is 38.0 Å². The largest absolute Gasteiger partial charge is 0.349 e. The topological polar surface area (TPSA) is 55.1 Å². The molecular formula is C13H22Cl2N2OS. The lowest BCUT2D eigenvalue weighted by Gasteiger charge is -2.31. The number of thiophene rings is 1. The molecule has 0 aliphatic rings. The van der Waals surface area contributed by atoms with Crippen molar-refractivity contribution in [3.8, 4) is 0 Å². The fraction of sp³-hybridized carbons (Fsp3) is 0.615. The molecule has 1 rings (SSSR count). The Labute approximate surface area is 130 Å². The van der Waals surface area contributed by atoms with E-state index in [1.54, 1.807) is 0 Å². The van der Waals surface area contributed by atoms with E-state index in [-0.39, 0.29) is 23.9 Å². The van der Waals surface area contributed by atoms with Crippen LogP contribution >= 0.6 is 35.3 Å². The first kappa shape index (κ1) is 18.7. The second-order valence-electron chi connectivity index (χ2n) is 4.45. The maximum Gasteiger partial charge on any atom is 0.220 e. The summed E-state index contributed by atoms with van der Waals surface area (Å²) >= 11 is 7.38. The Hall–Kier alpha value is -0.290. The van der Waals surface area contributed by atoms with Crippen LogP contribution in [0.2, 0.25) is 4.34 Å². The lowest BCUT2D eigenvalue weighted by Crippen LogP contribution is -2.52. The molecule has 0 atom stereocenters. The van der Waals surface area contributed by atoms with Crippen molar-refractivity contribution >= 4 is 41.3 Å². The summed E-state index contributed by atoms with van der Waals surface area (Å²) in [5.74, 6) is 0.0636. The minimum atomic E-state index is -0.246. The van der Waals surface area contributed by atoms with E-state index in [2.05, 4.69) is 19.2 Å². The first-order valence-corrected chi connectivity index (χ1v) is 7.50. The van der Waals surface area contributed by atoms with Crippen LogP contribution < -0.4 is 11.1 Å². The molecular weight excluding hydrogens is 303 g/mol. The van der Waals surface area contributed by atoms with E-state index < -0.39 is 0 Å². The second kappa shape index (κ2) is 8.80. The van der Waals surface area contributed by atoms with Crippen LogP contribution in [-0.4, -0.2) is 18.0 Å². The molecule has 0 aliphatic carbocycles. The smallest absolute Gasteiger partial charge is 0.220 e. The van der Waals surface area contributed by atoms with Gasteiger partial charge in [0.1, 0.15) is 0 Å². The minimum absolute atomic E-state index is 0. The van der Waals surface area contributed by atoms with E-state index in [1.807, 2.05) is 12.1 Å². The predicted octanol–water partition coefficient (Wildman–Crippen LogP) is 3.39. The molecule has 0 aromatic carbocycles. The zero-order valence-electron chi connectivity index (χ0n) is 11.4. The molecule has 0 unspecified atom stereocenters. The van der Waals surface area contributed by atoms with Crippen LogP contribution in [-0.2, 0) is 11.2 Å². The Morgan fingerprint density at radius 3 is 2.47 bits per heavy atom. The predicted molar refractivity (Wildman–Crippen MR) is 85.4 cm³/mol. The number of nitrogens with two attached hydrogens (primary N) is 1. The molecule has 0 saturated carbocycles. The summed E-state index contributed by atoms with van der Waals surface area (Å²) in [6.45, 7) is 4.59. The lowest BCUT2D eigenvalue weighted by molar-refractivity contribution is -0.123. The number of nitrogens with one attached hydrogen (secondary N) is 1. The first-order valence-electron chi connectivity index (χ1n) is 6.30. The summed E-state index contributed by atoms with van der Waals surface area (Å²) in [5, 5.41) is 3.06. The van der Waals surface area contributed by atoms with Gasteiger partial charge in [-0.25, -0.2) is 0 Å². The van der Waals surface area contributed by atoms with Crippen molar-refractivity contribution in [2.24, 2.45) is 5.73 Å². The van der Waals surface area contributed by atoms with Crippen molar-refractivity contribution in [1.82, 2.24) is 5.32 Å². The molecule has 0 fully saturated rings. The maximum atomic E-state index is 11.9. The Balaban J connectivity index is 0.00000324. The number of hydrogen-bond donors (Lipinski definition) is 2. The molecule has 0 aliphatic heterocycles. The molecule has 110 valence electrons. The minimum Gasteiger partial charge on any atom is -0.349 e. The number of aryl methyl sites for hydroxylation is 1. The van der Waals surface area contributed by atoms with Gasteiger partial charge in [-0.2, -0.15) is 0 Å². The summed E-state index contributed by atoms with van der Waals surface area (Å²) in [4.78, 5) is 13.1. The molecule has 6 heteroatoms. The van der Waals surface area contributed by atoms with E-state index in [1.165, 1.54) is 11.3 Å². The van der Waals surface area contributed by atoms with Crippen LogP contribution in [0.5, 0.6) is 0 Å². The van der Waals surface area contributed by atoms with Gasteiger partial charge >= 0.3 is 0 Å². The summed E-state index contributed by atoms with van der Waals surface area (Å²) in [6.07, 6.45) is 2.93. The fourth-order valence-corrected chi connectivity index (χ4v) is 2.93. The average molecular weight is 325 g/mol. The van der Waals surface area contributed by atoms with Crippen LogP contribution in [0.25, 0.3) is 0 Å². The fourth-order valence-electron chi connectivity index (χ4n) is 1.85. The molecule has 3 N–H and O–H groups in total. The van der Waals surface area contributed by atoms with Crippen LogP contribution in [0.15, 0.2) is 12.1 Å². The number of carbonyl (C=O) groups is 1. The van der Waals surface area contributed by atoms with Gasteiger partial charge in [0, 0.05) is 17.8 Å². The summed E-state index contributed by atoms with van der Waals surface area (Å²) in [7, 11) is 0. The van der Waals surface area contributed by atoms with Gasteiger partial charge in [0.15, 0.2) is 0 Å². The van der Waals surface area contributed by atoms with Crippen molar-refractivity contribution in [2.45, 2.75) is 45.1 Å². The molecule has 1 heterocycles. The van der Waals surface area contributed by atoms with E-state index in [0.717, 1.165) is 28.5 Å². The Morgan fingerprint density at radius 1 is 1.42 bits per heavy atom. The molecule has 0 saturated heterocycles. The lowest BCUT2D eigenvalue weighted by atomic mass is 9.92. The van der Waals surface area contributed by atoms with E-state index >= 15 is 0 Å². The Bertz CT molecular complexity index is 383. The van der Waals surface area contributed by atoms with Gasteiger partial charge in [-0.1, -0.05) is 25.4 Å². The van der Waals surface area contributed by atoms with Crippen molar-refractivity contribution in [3.63, 3.8) is 0 Å². The van der Waals surface area contributed by atoms with Crippen LogP contribution in [0, 0.1) is 0 Å². The highest BCUT2D eigenvalue weighted by Gasteiger charge is 2.25. The zero-order valence-corrected chi connectivity index (χ0v) is 13.8. The third-order valence-electron chi connectivity index (χ3n) is 3.38. The SMILES string of the molecule is CCC(CC)(CN)NC(=O)CCc1ccc(Cl)s1.Cl. The van der Waals surface area contributed by atoms with Gasteiger partial charge in [-0.15, -0.1) is 23.7 Å². The molecule has 3 nitrogen and oxygen atoms in total. The molecule has 1 aromatic rings. The molecule has 1 aromatic heterocycles. The number of hydrogen-bond acceptors (Lipinski definition) is 3. The van der Waals surface area contributed by atoms with E-state index in [0.29, 0.717) is 13.0 Å². The number of halogens is 2. The zero-order chi connectivity index (χ0) is 13.6. The average Bonchev–Trinajstić information content (AvgIpc) is 2.80. The Kier molecular flexibility index (Phi) is 8.66. The van der Waals surface area contributed by atoms with Crippen molar-refractivity contribution in [1.29, 1.82) is 0 Å². The maximum absolute atomic E-state index is 11.9. The summed E-state index contributed by atoms with van der Waals surface area (Å²) in [5.41, 5.74) is 5.51. The number of amides is 1. The standard InChI is InChI=1S/C13H21ClN2OS.ClH/c1-3-13(4-2,9-15)16-12(17)8-6-10-5-7-11(14)18-10;/h5,7H,3-4,6,8-9,15H2,1-2H3,(H,16,17);1H. The van der Waals surface area contributed by atoms with Crippen molar-refractivity contribution in [2.75, 3.05) is 6.54 Å². The highest BCUT2D eigenvalue weighted by molar-refractivity contribution is 7.16. The van der Waals surface area contributed by atoms with Crippen LogP contribution in [0.4, 0.5) is 0 Å². The summed E-state index contributed by atoms with van der Waals surface area (Å²) in [6, 6.07) is 3.83. The molecule has 0 bridgehead atoms. The van der Waals surface area contributed by atoms with Gasteiger partial charge in [0.2, 0.25) is 5.91 Å². The Morgan fingerprint density at radius 2 is 2.05 bits per heavy atom. The number of carbonyl (C=O) groups excluding carboxylic acids is 1. The van der Waals surface area contributed by atoms with Gasteiger partial charge in [-0.3, -0.25) is 4.79 Å². The quantitative estimate of drug-likeness (QED) is 0.807. The van der Waals surface area contributed by atoms with Gasteiger partial charge in [-0.05, 0) is 31.4 Å². The third kappa shape index (κ3) is 5.69.